The zero-order valence-electron chi connectivity index (χ0n) is 21.7. The number of nitrogens with zero attached hydrogens (tertiary/aromatic N) is 6. The number of hydrazine groups is 1. The number of aromatic nitrogens is 4. The van der Waals surface area contributed by atoms with Crippen molar-refractivity contribution in [2.45, 2.75) is 56.7 Å². The van der Waals surface area contributed by atoms with Gasteiger partial charge in [-0.2, -0.15) is 4.98 Å². The van der Waals surface area contributed by atoms with Crippen molar-refractivity contribution in [3.63, 3.8) is 0 Å². The average Bonchev–Trinajstić information content (AvgIpc) is 3.38. The molecule has 0 atom stereocenters. The van der Waals surface area contributed by atoms with Gasteiger partial charge in [0.1, 0.15) is 22.8 Å². The number of amides is 1. The van der Waals surface area contributed by atoms with Crippen molar-refractivity contribution in [3.05, 3.63) is 36.3 Å². The van der Waals surface area contributed by atoms with Crippen LogP contribution in [0, 0.1) is 0 Å². The first-order valence-corrected chi connectivity index (χ1v) is 13.9. The topological polar surface area (TPSA) is 112 Å². The number of carbonyl (C=O) groups is 1. The molecule has 1 spiro atoms. The monoisotopic (exact) mass is 517 g/mol. The number of ether oxygens (including phenoxy) is 1. The van der Waals surface area contributed by atoms with Crippen LogP contribution in [-0.4, -0.2) is 75.8 Å². The lowest BCUT2D eigenvalue weighted by Crippen LogP contribution is -2.61. The van der Waals surface area contributed by atoms with Gasteiger partial charge in [-0.25, -0.2) is 15.4 Å². The van der Waals surface area contributed by atoms with Gasteiger partial charge >= 0.3 is 0 Å². The number of carbonyl (C=O) groups excluding carboxylic acids is 1. The maximum atomic E-state index is 12.6. The maximum absolute atomic E-state index is 12.6. The fraction of sp³-hybridized carbons (Fsp3) is 0.556. The second-order valence-electron chi connectivity index (χ2n) is 10.9. The summed E-state index contributed by atoms with van der Waals surface area (Å²) in [6, 6.07) is 6.65. The molecule has 1 amide bonds. The van der Waals surface area contributed by atoms with Gasteiger partial charge in [-0.15, -0.1) is 0 Å². The highest BCUT2D eigenvalue weighted by Crippen LogP contribution is 2.38. The van der Waals surface area contributed by atoms with Gasteiger partial charge in [-0.3, -0.25) is 15.1 Å². The van der Waals surface area contributed by atoms with Crippen molar-refractivity contribution in [1.82, 2.24) is 35.3 Å². The molecule has 38 heavy (non-hydrogen) atoms. The summed E-state index contributed by atoms with van der Waals surface area (Å²) < 4.78 is 7.60. The molecule has 4 aliphatic rings. The zero-order valence-corrected chi connectivity index (χ0v) is 21.7. The Hall–Kier alpha value is -3.28. The van der Waals surface area contributed by atoms with Crippen LogP contribution in [0.25, 0.3) is 11.0 Å². The summed E-state index contributed by atoms with van der Waals surface area (Å²) in [5.74, 6) is 1.03. The Labute approximate surface area is 221 Å². The molecule has 0 aromatic carbocycles. The molecule has 6 heterocycles. The summed E-state index contributed by atoms with van der Waals surface area (Å²) in [5, 5.41) is 4.13. The maximum Gasteiger partial charge on any atom is 0.282 e. The molecule has 11 heteroatoms. The fourth-order valence-corrected chi connectivity index (χ4v) is 6.62. The van der Waals surface area contributed by atoms with E-state index in [4.69, 9.17) is 9.72 Å². The van der Waals surface area contributed by atoms with Crippen molar-refractivity contribution in [1.29, 1.82) is 0 Å². The normalized spacial score (nSPS) is 22.4. The molecule has 3 N–H and O–H groups in total. The van der Waals surface area contributed by atoms with E-state index in [9.17, 15) is 4.79 Å². The van der Waals surface area contributed by atoms with E-state index in [-0.39, 0.29) is 11.6 Å². The summed E-state index contributed by atoms with van der Waals surface area (Å²) >= 11 is 0. The van der Waals surface area contributed by atoms with Crippen LogP contribution in [0.15, 0.2) is 30.6 Å². The second-order valence-corrected chi connectivity index (χ2v) is 10.9. The first kappa shape index (κ1) is 23.8. The van der Waals surface area contributed by atoms with E-state index in [1.54, 1.807) is 6.20 Å². The van der Waals surface area contributed by atoms with E-state index in [0.717, 1.165) is 81.8 Å². The molecule has 3 aromatic rings. The van der Waals surface area contributed by atoms with Crippen LogP contribution in [0.1, 0.15) is 55.4 Å². The van der Waals surface area contributed by atoms with Gasteiger partial charge in [0.25, 0.3) is 5.91 Å². The number of nitrogens with one attached hydrogen (secondary N) is 3. The molecule has 1 aliphatic carbocycles. The minimum absolute atomic E-state index is 0.139. The molecule has 11 nitrogen and oxygen atoms in total. The fourth-order valence-electron chi connectivity index (χ4n) is 6.62. The Balaban J connectivity index is 1.07. The summed E-state index contributed by atoms with van der Waals surface area (Å²) in [4.78, 5) is 31.7. The highest BCUT2D eigenvalue weighted by Gasteiger charge is 2.41. The molecule has 0 bridgehead atoms. The number of hydrogen-bond donors (Lipinski definition) is 3. The molecule has 0 unspecified atom stereocenters. The van der Waals surface area contributed by atoms with Crippen LogP contribution in [-0.2, 0) is 10.4 Å². The minimum atomic E-state index is -0.343. The lowest BCUT2D eigenvalue weighted by atomic mass is 9.88. The number of anilines is 3. The van der Waals surface area contributed by atoms with E-state index in [0.29, 0.717) is 23.5 Å². The molecular weight excluding hydrogens is 482 g/mol. The molecule has 7 rings (SSSR count). The van der Waals surface area contributed by atoms with Gasteiger partial charge in [0.05, 0.1) is 25.1 Å². The Morgan fingerprint density at radius 3 is 2.58 bits per heavy atom. The lowest BCUT2D eigenvalue weighted by molar-refractivity contribution is 0.0115. The summed E-state index contributed by atoms with van der Waals surface area (Å²) in [7, 11) is 0. The summed E-state index contributed by atoms with van der Waals surface area (Å²) in [6.45, 7) is 5.90. The van der Waals surface area contributed by atoms with Crippen molar-refractivity contribution in [3.8, 4) is 0 Å². The quantitative estimate of drug-likeness (QED) is 0.481. The van der Waals surface area contributed by atoms with E-state index >= 15 is 0 Å². The SMILES string of the molecule is O=C1NNC2(CCCCC2)n2c1cc1cnc(Nc3ccc(N4CCC(N5CCOCC5)CC4)cn3)nc12. The predicted octanol–water partition coefficient (Wildman–Crippen LogP) is 2.74. The lowest BCUT2D eigenvalue weighted by Gasteiger charge is -2.43. The average molecular weight is 518 g/mol. The van der Waals surface area contributed by atoms with Gasteiger partial charge in [-0.1, -0.05) is 6.42 Å². The first-order valence-electron chi connectivity index (χ1n) is 13.9. The largest absolute Gasteiger partial charge is 0.379 e. The molecule has 3 fully saturated rings. The van der Waals surface area contributed by atoms with E-state index < -0.39 is 0 Å². The molecular formula is C27H35N9O2. The van der Waals surface area contributed by atoms with Crippen LogP contribution in [0.5, 0.6) is 0 Å². The summed E-state index contributed by atoms with van der Waals surface area (Å²) in [6.07, 6.45) is 11.4. The van der Waals surface area contributed by atoms with Crippen LogP contribution in [0.3, 0.4) is 0 Å². The number of morpholine rings is 1. The first-order chi connectivity index (χ1) is 18.7. The minimum Gasteiger partial charge on any atom is -0.379 e. The van der Waals surface area contributed by atoms with Crippen molar-refractivity contribution < 1.29 is 9.53 Å². The number of hydrogen-bond acceptors (Lipinski definition) is 9. The highest BCUT2D eigenvalue weighted by molar-refractivity contribution is 5.98. The zero-order chi connectivity index (χ0) is 25.5. The van der Waals surface area contributed by atoms with E-state index in [1.165, 1.54) is 19.3 Å². The van der Waals surface area contributed by atoms with Gasteiger partial charge in [0.2, 0.25) is 5.95 Å². The van der Waals surface area contributed by atoms with E-state index in [2.05, 4.69) is 46.6 Å². The summed E-state index contributed by atoms with van der Waals surface area (Å²) in [5.41, 5.74) is 8.37. The molecule has 2 saturated heterocycles. The molecule has 200 valence electrons. The van der Waals surface area contributed by atoms with E-state index in [1.807, 2.05) is 18.3 Å². The predicted molar refractivity (Wildman–Crippen MR) is 144 cm³/mol. The standard InChI is InChI=1S/C27H35N9O2/c37-25-22-16-19-17-29-26(31-24(19)36(22)27(33-32-25)8-2-1-3-9-27)30-23-5-4-21(18-28-23)34-10-6-20(7-11-34)35-12-14-38-15-13-35/h4-5,16-18,20,33H,1-3,6-15H2,(H,32,37)(H,28,29,30,31). The van der Waals surface area contributed by atoms with Gasteiger partial charge in [0.15, 0.2) is 0 Å². The molecule has 1 saturated carbocycles. The third-order valence-electron chi connectivity index (χ3n) is 8.67. The van der Waals surface area contributed by atoms with Crippen molar-refractivity contribution in [2.75, 3.05) is 49.6 Å². The molecule has 3 aromatic heterocycles. The van der Waals surface area contributed by atoms with Gasteiger partial charge < -0.3 is 19.5 Å². The third kappa shape index (κ3) is 4.28. The number of pyridine rings is 1. The second kappa shape index (κ2) is 9.79. The Morgan fingerprint density at radius 2 is 1.82 bits per heavy atom. The number of rotatable bonds is 4. The van der Waals surface area contributed by atoms with Gasteiger partial charge in [0, 0.05) is 43.8 Å². The highest BCUT2D eigenvalue weighted by atomic mass is 16.5. The number of piperidine rings is 1. The van der Waals surface area contributed by atoms with Crippen LogP contribution < -0.4 is 21.1 Å². The van der Waals surface area contributed by atoms with Crippen LogP contribution >= 0.6 is 0 Å². The Kier molecular flexibility index (Phi) is 6.13. The third-order valence-corrected chi connectivity index (χ3v) is 8.67. The van der Waals surface area contributed by atoms with Crippen LogP contribution in [0.2, 0.25) is 0 Å². The van der Waals surface area contributed by atoms with Crippen molar-refractivity contribution in [2.24, 2.45) is 0 Å². The Morgan fingerprint density at radius 1 is 1.00 bits per heavy atom. The molecule has 3 aliphatic heterocycles. The molecule has 0 radical (unpaired) electrons. The van der Waals surface area contributed by atoms with Crippen molar-refractivity contribution >= 4 is 34.4 Å². The number of fused-ring (bicyclic) bond motifs is 4. The Bertz CT molecular complexity index is 1300. The van der Waals surface area contributed by atoms with Crippen LogP contribution in [0.4, 0.5) is 17.5 Å². The smallest absolute Gasteiger partial charge is 0.282 e. The van der Waals surface area contributed by atoms with Gasteiger partial charge in [-0.05, 0) is 56.7 Å².